The third-order valence-corrected chi connectivity index (χ3v) is 5.92. The lowest BCUT2D eigenvalue weighted by molar-refractivity contribution is -0.119. The Morgan fingerprint density at radius 3 is 2.64 bits per heavy atom. The summed E-state index contributed by atoms with van der Waals surface area (Å²) in [7, 11) is 1.47. The summed E-state index contributed by atoms with van der Waals surface area (Å²) in [5.41, 5.74) is 2.21. The summed E-state index contributed by atoms with van der Waals surface area (Å²) >= 11 is 6.14. The van der Waals surface area contributed by atoms with Crippen LogP contribution in [0.3, 0.4) is 0 Å². The number of hydrogen-bond acceptors (Lipinski definition) is 6. The minimum atomic E-state index is -0.772. The molecule has 0 aliphatic rings. The molecule has 2 aromatic carbocycles. The van der Waals surface area contributed by atoms with Gasteiger partial charge in [-0.2, -0.15) is 5.26 Å². The minimum absolute atomic E-state index is 0.335. The van der Waals surface area contributed by atoms with Gasteiger partial charge in [-0.15, -0.1) is 0 Å². The maximum absolute atomic E-state index is 13.3. The number of rotatable bonds is 8. The number of ether oxygens (including phenoxy) is 1. The summed E-state index contributed by atoms with van der Waals surface area (Å²) in [6.45, 7) is 1.94. The van der Waals surface area contributed by atoms with Gasteiger partial charge in [0.25, 0.3) is 5.56 Å². The van der Waals surface area contributed by atoms with Gasteiger partial charge < -0.3 is 14.5 Å². The Labute approximate surface area is 212 Å². The lowest BCUT2D eigenvalue weighted by Gasteiger charge is -2.21. The van der Waals surface area contributed by atoms with Crippen LogP contribution in [0.2, 0.25) is 5.02 Å². The molecule has 0 aliphatic carbocycles. The molecule has 1 N–H and O–H groups in total. The summed E-state index contributed by atoms with van der Waals surface area (Å²) in [6.07, 6.45) is 5.66. The Hall–Kier alpha value is -4.35. The van der Waals surface area contributed by atoms with Gasteiger partial charge in [-0.05, 0) is 48.9 Å². The first-order valence-electron chi connectivity index (χ1n) is 11.3. The number of nitrogens with one attached hydrogen (secondary N) is 1. The van der Waals surface area contributed by atoms with Gasteiger partial charge in [0.2, 0.25) is 11.8 Å². The van der Waals surface area contributed by atoms with Crippen LogP contribution >= 0.6 is 11.6 Å². The number of oxazole rings is 1. The predicted octanol–water partition coefficient (Wildman–Crippen LogP) is 5.68. The topological polar surface area (TPSA) is 110 Å². The fourth-order valence-corrected chi connectivity index (χ4v) is 4.11. The van der Waals surface area contributed by atoms with E-state index in [-0.39, 0.29) is 5.91 Å². The Morgan fingerprint density at radius 2 is 2.00 bits per heavy atom. The van der Waals surface area contributed by atoms with E-state index >= 15 is 0 Å². The van der Waals surface area contributed by atoms with Crippen LogP contribution in [0.1, 0.15) is 31.4 Å². The largest absolute Gasteiger partial charge is 0.495 e. The number of amides is 1. The summed E-state index contributed by atoms with van der Waals surface area (Å²) in [5, 5.41) is 12.8. The fourth-order valence-electron chi connectivity index (χ4n) is 3.94. The first-order chi connectivity index (χ1) is 17.4. The fraction of sp³-hybridized carbons (Fsp3) is 0.185. The molecule has 0 aliphatic heterocycles. The van der Waals surface area contributed by atoms with Crippen molar-refractivity contribution in [2.24, 2.45) is 0 Å². The standard InChI is InChI=1S/C27H23ClN4O4/c1-3-4-23(26(34)31-20-9-6-17(7-10-20)27-30-11-12-36-27)32-16-24(35-2)22(14-25(32)33)21-13-19(28)8-5-18(21)15-29/h5-14,16,23H,3-4H2,1-2H3,(H,31,34). The summed E-state index contributed by atoms with van der Waals surface area (Å²) in [5.74, 6) is 0.491. The van der Waals surface area contributed by atoms with Crippen molar-refractivity contribution in [3.05, 3.63) is 88.1 Å². The van der Waals surface area contributed by atoms with Crippen LogP contribution in [0.5, 0.6) is 5.75 Å². The van der Waals surface area contributed by atoms with Crippen LogP contribution in [0.4, 0.5) is 5.69 Å². The molecular formula is C27H23ClN4O4. The van der Waals surface area contributed by atoms with Crippen molar-refractivity contribution in [1.82, 2.24) is 9.55 Å². The third-order valence-electron chi connectivity index (χ3n) is 5.69. The number of hydrogen-bond donors (Lipinski definition) is 1. The highest BCUT2D eigenvalue weighted by Crippen LogP contribution is 2.33. The molecule has 4 aromatic rings. The van der Waals surface area contributed by atoms with Gasteiger partial charge in [-0.1, -0.05) is 24.9 Å². The molecule has 0 saturated carbocycles. The number of halogens is 1. The van der Waals surface area contributed by atoms with Crippen molar-refractivity contribution in [1.29, 1.82) is 5.26 Å². The molecule has 9 heteroatoms. The van der Waals surface area contributed by atoms with Gasteiger partial charge >= 0.3 is 0 Å². The number of pyridine rings is 1. The third kappa shape index (κ3) is 5.16. The number of carbonyl (C=O) groups excluding carboxylic acids is 1. The van der Waals surface area contributed by atoms with Crippen LogP contribution < -0.4 is 15.6 Å². The number of methoxy groups -OCH3 is 1. The van der Waals surface area contributed by atoms with Crippen molar-refractivity contribution in [3.63, 3.8) is 0 Å². The first kappa shape index (κ1) is 24.8. The normalized spacial score (nSPS) is 11.5. The number of benzene rings is 2. The summed E-state index contributed by atoms with van der Waals surface area (Å²) < 4.78 is 12.2. The number of carbonyl (C=O) groups is 1. The first-order valence-corrected chi connectivity index (χ1v) is 11.6. The zero-order chi connectivity index (χ0) is 25.7. The Morgan fingerprint density at radius 1 is 1.22 bits per heavy atom. The van der Waals surface area contributed by atoms with Gasteiger partial charge in [-0.25, -0.2) is 4.98 Å². The molecule has 182 valence electrons. The van der Waals surface area contributed by atoms with Crippen LogP contribution in [0.15, 0.2) is 76.4 Å². The van der Waals surface area contributed by atoms with Crippen molar-refractivity contribution >= 4 is 23.2 Å². The maximum Gasteiger partial charge on any atom is 0.252 e. The molecule has 8 nitrogen and oxygen atoms in total. The second-order valence-corrected chi connectivity index (χ2v) is 8.45. The zero-order valence-electron chi connectivity index (χ0n) is 19.7. The van der Waals surface area contributed by atoms with Crippen molar-refractivity contribution in [3.8, 4) is 34.4 Å². The van der Waals surface area contributed by atoms with E-state index in [1.165, 1.54) is 30.2 Å². The van der Waals surface area contributed by atoms with E-state index in [0.717, 1.165) is 5.56 Å². The molecular weight excluding hydrogens is 480 g/mol. The number of anilines is 1. The van der Waals surface area contributed by atoms with Crippen LogP contribution in [-0.2, 0) is 4.79 Å². The molecule has 4 rings (SSSR count). The highest BCUT2D eigenvalue weighted by atomic mass is 35.5. The second-order valence-electron chi connectivity index (χ2n) is 8.01. The highest BCUT2D eigenvalue weighted by Gasteiger charge is 2.23. The van der Waals surface area contributed by atoms with E-state index in [1.54, 1.807) is 48.7 Å². The van der Waals surface area contributed by atoms with E-state index < -0.39 is 11.6 Å². The SMILES string of the molecule is CCCC(C(=O)Nc1ccc(-c2ncco2)cc1)n1cc(OC)c(-c2cc(Cl)ccc2C#N)cc1=O. The number of nitriles is 1. The lowest BCUT2D eigenvalue weighted by Crippen LogP contribution is -2.33. The number of aromatic nitrogens is 2. The van der Waals surface area contributed by atoms with Gasteiger partial charge in [-0.3, -0.25) is 14.2 Å². The van der Waals surface area contributed by atoms with Gasteiger partial charge in [0.05, 0.1) is 31.1 Å². The predicted molar refractivity (Wildman–Crippen MR) is 137 cm³/mol. The van der Waals surface area contributed by atoms with E-state index in [2.05, 4.69) is 16.4 Å². The highest BCUT2D eigenvalue weighted by molar-refractivity contribution is 6.31. The van der Waals surface area contributed by atoms with Crippen molar-refractivity contribution in [2.45, 2.75) is 25.8 Å². The molecule has 36 heavy (non-hydrogen) atoms. The quantitative estimate of drug-likeness (QED) is 0.331. The molecule has 0 fully saturated rings. The molecule has 0 radical (unpaired) electrons. The Bertz CT molecular complexity index is 1470. The van der Waals surface area contributed by atoms with Gasteiger partial charge in [0, 0.05) is 33.5 Å². The van der Waals surface area contributed by atoms with E-state index in [0.29, 0.717) is 51.9 Å². The average Bonchev–Trinajstić information content (AvgIpc) is 3.43. The van der Waals surface area contributed by atoms with E-state index in [4.69, 9.17) is 20.8 Å². The second kappa shape index (κ2) is 10.9. The molecule has 2 heterocycles. The summed E-state index contributed by atoms with van der Waals surface area (Å²) in [4.78, 5) is 30.6. The molecule has 1 atom stereocenters. The summed E-state index contributed by atoms with van der Waals surface area (Å²) in [6, 6.07) is 14.6. The Kier molecular flexibility index (Phi) is 7.52. The van der Waals surface area contributed by atoms with E-state index in [1.807, 2.05) is 6.92 Å². The van der Waals surface area contributed by atoms with Crippen LogP contribution in [0.25, 0.3) is 22.6 Å². The maximum atomic E-state index is 13.3. The van der Waals surface area contributed by atoms with Crippen LogP contribution in [0, 0.1) is 11.3 Å². The van der Waals surface area contributed by atoms with Crippen LogP contribution in [-0.4, -0.2) is 22.6 Å². The van der Waals surface area contributed by atoms with Gasteiger partial charge in [0.15, 0.2) is 0 Å². The molecule has 1 unspecified atom stereocenters. The molecule has 0 bridgehead atoms. The minimum Gasteiger partial charge on any atom is -0.495 e. The molecule has 0 saturated heterocycles. The zero-order valence-corrected chi connectivity index (χ0v) is 20.5. The monoisotopic (exact) mass is 502 g/mol. The van der Waals surface area contributed by atoms with Crippen molar-refractivity contribution < 1.29 is 13.9 Å². The number of nitrogens with zero attached hydrogens (tertiary/aromatic N) is 3. The molecule has 1 amide bonds. The van der Waals surface area contributed by atoms with Gasteiger partial charge in [0.1, 0.15) is 18.1 Å². The van der Waals surface area contributed by atoms with E-state index in [9.17, 15) is 14.9 Å². The van der Waals surface area contributed by atoms with Crippen molar-refractivity contribution in [2.75, 3.05) is 12.4 Å². The molecule has 2 aromatic heterocycles. The Balaban J connectivity index is 1.66. The molecule has 0 spiro atoms. The lowest BCUT2D eigenvalue weighted by atomic mass is 10.00. The average molecular weight is 503 g/mol. The smallest absolute Gasteiger partial charge is 0.252 e.